The van der Waals surface area contributed by atoms with Gasteiger partial charge < -0.3 is 20.1 Å². The zero-order valence-corrected chi connectivity index (χ0v) is 11.9. The first-order valence-electron chi connectivity index (χ1n) is 6.47. The van der Waals surface area contributed by atoms with Crippen LogP contribution in [0.3, 0.4) is 0 Å². The van der Waals surface area contributed by atoms with Crippen molar-refractivity contribution >= 4 is 11.9 Å². The maximum atomic E-state index is 5.86. The molecule has 106 valence electrons. The van der Waals surface area contributed by atoms with E-state index in [1.165, 1.54) is 0 Å². The van der Waals surface area contributed by atoms with Crippen molar-refractivity contribution in [2.24, 2.45) is 0 Å². The van der Waals surface area contributed by atoms with Crippen LogP contribution in [0.25, 0.3) is 0 Å². The molecule has 1 aromatic rings. The van der Waals surface area contributed by atoms with E-state index in [9.17, 15) is 0 Å². The number of morpholine rings is 1. The minimum absolute atomic E-state index is 0.109. The van der Waals surface area contributed by atoms with Crippen LogP contribution in [0.2, 0.25) is 0 Å². The van der Waals surface area contributed by atoms with Crippen molar-refractivity contribution in [1.29, 1.82) is 0 Å². The number of nitrogens with two attached hydrogens (primary N) is 1. The maximum Gasteiger partial charge on any atom is 0.323 e. The molecule has 1 aliphatic rings. The summed E-state index contributed by atoms with van der Waals surface area (Å²) in [6, 6.07) is 0.266. The minimum atomic E-state index is -0.245. The van der Waals surface area contributed by atoms with Gasteiger partial charge in [0.1, 0.15) is 0 Å². The Morgan fingerprint density at radius 1 is 1.42 bits per heavy atom. The second kappa shape index (κ2) is 5.16. The highest BCUT2D eigenvalue weighted by Crippen LogP contribution is 2.24. The van der Waals surface area contributed by atoms with Crippen molar-refractivity contribution in [2.45, 2.75) is 39.4 Å². The molecule has 7 heteroatoms. The van der Waals surface area contributed by atoms with Crippen LogP contribution in [0.1, 0.15) is 27.7 Å². The Balaban J connectivity index is 2.25. The molecule has 0 aromatic carbocycles. The number of hydrogen-bond acceptors (Lipinski definition) is 7. The summed E-state index contributed by atoms with van der Waals surface area (Å²) in [6.45, 7) is 9.91. The molecule has 2 rings (SSSR count). The van der Waals surface area contributed by atoms with Crippen LogP contribution in [0, 0.1) is 0 Å². The predicted octanol–water partition coefficient (Wildman–Crippen LogP) is 0.856. The summed E-state index contributed by atoms with van der Waals surface area (Å²) >= 11 is 0. The van der Waals surface area contributed by atoms with Gasteiger partial charge in [-0.25, -0.2) is 0 Å². The second-order valence-electron chi connectivity index (χ2n) is 5.28. The third-order valence-electron chi connectivity index (χ3n) is 2.75. The van der Waals surface area contributed by atoms with E-state index < -0.39 is 0 Å². The molecule has 1 atom stereocenters. The Bertz CT molecular complexity index is 452. The molecule has 1 aliphatic heterocycles. The van der Waals surface area contributed by atoms with Crippen LogP contribution in [-0.4, -0.2) is 46.4 Å². The smallest absolute Gasteiger partial charge is 0.323 e. The first-order valence-corrected chi connectivity index (χ1v) is 6.47. The molecule has 19 heavy (non-hydrogen) atoms. The van der Waals surface area contributed by atoms with E-state index in [-0.39, 0.29) is 23.7 Å². The Labute approximate surface area is 113 Å². The zero-order valence-electron chi connectivity index (χ0n) is 11.9. The molecule has 0 radical (unpaired) electrons. The standard InChI is InChI=1S/C12H21N5O2/c1-5-18-11-15-9(13)14-10(16-11)17-6-8(2)19-12(3,4)7-17/h8H,5-7H2,1-4H3,(H2,13,14,15,16). The number of ether oxygens (including phenoxy) is 2. The van der Waals surface area contributed by atoms with Gasteiger partial charge in [0.05, 0.1) is 18.3 Å². The fraction of sp³-hybridized carbons (Fsp3) is 0.750. The van der Waals surface area contributed by atoms with Gasteiger partial charge in [-0.15, -0.1) is 0 Å². The molecule has 1 saturated heterocycles. The molecule has 1 aromatic heterocycles. The van der Waals surface area contributed by atoms with Crippen LogP contribution in [0.5, 0.6) is 6.01 Å². The molecule has 2 heterocycles. The molecule has 0 spiro atoms. The summed E-state index contributed by atoms with van der Waals surface area (Å²) < 4.78 is 11.2. The highest BCUT2D eigenvalue weighted by molar-refractivity contribution is 5.37. The van der Waals surface area contributed by atoms with E-state index in [1.807, 2.05) is 27.7 Å². The average Bonchev–Trinajstić information content (AvgIpc) is 2.25. The van der Waals surface area contributed by atoms with Crippen LogP contribution < -0.4 is 15.4 Å². The van der Waals surface area contributed by atoms with E-state index in [0.717, 1.165) is 6.54 Å². The number of anilines is 2. The Kier molecular flexibility index (Phi) is 3.75. The van der Waals surface area contributed by atoms with Gasteiger partial charge in [-0.05, 0) is 27.7 Å². The van der Waals surface area contributed by atoms with Crippen LogP contribution in [0.15, 0.2) is 0 Å². The van der Waals surface area contributed by atoms with Gasteiger partial charge >= 0.3 is 6.01 Å². The van der Waals surface area contributed by atoms with Crippen LogP contribution in [-0.2, 0) is 4.74 Å². The van der Waals surface area contributed by atoms with Crippen LogP contribution in [0.4, 0.5) is 11.9 Å². The fourth-order valence-electron chi connectivity index (χ4n) is 2.30. The van der Waals surface area contributed by atoms with E-state index >= 15 is 0 Å². The largest absolute Gasteiger partial charge is 0.464 e. The van der Waals surface area contributed by atoms with E-state index in [4.69, 9.17) is 15.2 Å². The number of rotatable bonds is 3. The summed E-state index contributed by atoms with van der Waals surface area (Å²) in [5.74, 6) is 0.713. The molecular weight excluding hydrogens is 246 g/mol. The third-order valence-corrected chi connectivity index (χ3v) is 2.75. The van der Waals surface area contributed by atoms with Crippen molar-refractivity contribution in [3.63, 3.8) is 0 Å². The molecule has 0 aliphatic carbocycles. The Hall–Kier alpha value is -1.63. The molecule has 0 amide bonds. The summed E-state index contributed by atoms with van der Waals surface area (Å²) in [5, 5.41) is 0. The van der Waals surface area contributed by atoms with Gasteiger partial charge in [0.25, 0.3) is 0 Å². The van der Waals surface area contributed by atoms with Gasteiger partial charge in [-0.2, -0.15) is 15.0 Å². The predicted molar refractivity (Wildman–Crippen MR) is 72.2 cm³/mol. The van der Waals surface area contributed by atoms with Crippen molar-refractivity contribution in [1.82, 2.24) is 15.0 Å². The van der Waals surface area contributed by atoms with Gasteiger partial charge in [0.2, 0.25) is 11.9 Å². The van der Waals surface area contributed by atoms with Crippen LogP contribution >= 0.6 is 0 Å². The lowest BCUT2D eigenvalue weighted by Crippen LogP contribution is -2.52. The molecule has 0 bridgehead atoms. The van der Waals surface area contributed by atoms with Crippen molar-refractivity contribution in [3.05, 3.63) is 0 Å². The van der Waals surface area contributed by atoms with E-state index in [2.05, 4.69) is 19.9 Å². The monoisotopic (exact) mass is 267 g/mol. The Morgan fingerprint density at radius 2 is 2.16 bits per heavy atom. The quantitative estimate of drug-likeness (QED) is 0.869. The molecule has 1 fully saturated rings. The minimum Gasteiger partial charge on any atom is -0.464 e. The van der Waals surface area contributed by atoms with Crippen molar-refractivity contribution < 1.29 is 9.47 Å². The summed E-state index contributed by atoms with van der Waals surface area (Å²) in [6.07, 6.45) is 0.109. The molecule has 7 nitrogen and oxygen atoms in total. The third kappa shape index (κ3) is 3.44. The SMILES string of the molecule is CCOc1nc(N)nc(N2CC(C)OC(C)(C)C2)n1. The second-order valence-corrected chi connectivity index (χ2v) is 5.28. The average molecular weight is 267 g/mol. The molecule has 0 saturated carbocycles. The van der Waals surface area contributed by atoms with Gasteiger partial charge in [0, 0.05) is 13.1 Å². The first-order chi connectivity index (χ1) is 8.89. The maximum absolute atomic E-state index is 5.86. The van der Waals surface area contributed by atoms with E-state index in [1.54, 1.807) is 0 Å². The molecule has 1 unspecified atom stereocenters. The lowest BCUT2D eigenvalue weighted by molar-refractivity contribution is -0.0754. The number of nitrogen functional groups attached to an aromatic ring is 1. The number of aromatic nitrogens is 3. The molecule has 2 N–H and O–H groups in total. The summed E-state index contributed by atoms with van der Waals surface area (Å²) in [4.78, 5) is 14.5. The van der Waals surface area contributed by atoms with Gasteiger partial charge in [-0.3, -0.25) is 0 Å². The van der Waals surface area contributed by atoms with Crippen molar-refractivity contribution in [3.8, 4) is 6.01 Å². The Morgan fingerprint density at radius 3 is 2.79 bits per heavy atom. The van der Waals surface area contributed by atoms with Gasteiger partial charge in [-0.1, -0.05) is 0 Å². The highest BCUT2D eigenvalue weighted by atomic mass is 16.5. The normalized spacial score (nSPS) is 22.3. The van der Waals surface area contributed by atoms with Gasteiger partial charge in [0.15, 0.2) is 0 Å². The molecular formula is C12H21N5O2. The summed E-state index contributed by atoms with van der Waals surface area (Å²) in [7, 11) is 0. The topological polar surface area (TPSA) is 86.4 Å². The lowest BCUT2D eigenvalue weighted by Gasteiger charge is -2.41. The number of nitrogens with zero attached hydrogens (tertiary/aromatic N) is 4. The first kappa shape index (κ1) is 13.8. The van der Waals surface area contributed by atoms with Crippen molar-refractivity contribution in [2.75, 3.05) is 30.3 Å². The highest BCUT2D eigenvalue weighted by Gasteiger charge is 2.32. The number of hydrogen-bond donors (Lipinski definition) is 1. The lowest BCUT2D eigenvalue weighted by atomic mass is 10.1. The van der Waals surface area contributed by atoms with E-state index in [0.29, 0.717) is 19.1 Å². The fourth-order valence-corrected chi connectivity index (χ4v) is 2.30. The summed E-state index contributed by atoms with van der Waals surface area (Å²) in [5.41, 5.74) is 5.45. The zero-order chi connectivity index (χ0) is 14.0.